The van der Waals surface area contributed by atoms with Gasteiger partial charge in [0.05, 0.1) is 26.2 Å². The normalized spacial score (nSPS) is 15.9. The highest BCUT2D eigenvalue weighted by molar-refractivity contribution is 7.92. The molecule has 0 saturated heterocycles. The Hall–Kier alpha value is -2.74. The molecule has 2 aromatic rings. The Balaban J connectivity index is 1.94. The average molecular weight is 404 g/mol. The molecule has 150 valence electrons. The smallest absolute Gasteiger partial charge is 0.248 e. The number of fused-ring (bicyclic) bond motifs is 1. The maximum atomic E-state index is 13.1. The number of carbonyl (C=O) groups excluding carboxylic acids is 1. The Labute approximate surface area is 165 Å². The number of para-hydroxylation sites is 1. The van der Waals surface area contributed by atoms with Crippen molar-refractivity contribution in [3.8, 4) is 11.5 Å². The summed E-state index contributed by atoms with van der Waals surface area (Å²) in [7, 11) is -0.718. The van der Waals surface area contributed by atoms with E-state index in [2.05, 4.69) is 0 Å². The molecule has 0 N–H and O–H groups in total. The van der Waals surface area contributed by atoms with Crippen LogP contribution in [0.2, 0.25) is 0 Å². The molecule has 1 aliphatic heterocycles. The maximum absolute atomic E-state index is 13.1. The first-order valence-corrected chi connectivity index (χ1v) is 10.7. The fourth-order valence-corrected chi connectivity index (χ4v) is 4.37. The maximum Gasteiger partial charge on any atom is 0.248 e. The number of benzene rings is 2. The van der Waals surface area contributed by atoms with Crippen molar-refractivity contribution in [2.75, 3.05) is 36.2 Å². The largest absolute Gasteiger partial charge is 0.493 e. The van der Waals surface area contributed by atoms with Gasteiger partial charge < -0.3 is 14.4 Å². The predicted molar refractivity (Wildman–Crippen MR) is 109 cm³/mol. The summed E-state index contributed by atoms with van der Waals surface area (Å²) in [6.07, 6.45) is 1.83. The molecular weight excluding hydrogens is 380 g/mol. The third kappa shape index (κ3) is 3.77. The van der Waals surface area contributed by atoms with Crippen molar-refractivity contribution in [2.45, 2.75) is 19.4 Å². The minimum absolute atomic E-state index is 0.0308. The number of ether oxygens (including phenoxy) is 2. The van der Waals surface area contributed by atoms with Gasteiger partial charge in [0.25, 0.3) is 0 Å². The van der Waals surface area contributed by atoms with Crippen molar-refractivity contribution in [3.63, 3.8) is 0 Å². The van der Waals surface area contributed by atoms with E-state index in [1.54, 1.807) is 23.1 Å². The van der Waals surface area contributed by atoms with E-state index in [1.165, 1.54) is 14.2 Å². The van der Waals surface area contributed by atoms with Crippen molar-refractivity contribution >= 4 is 27.3 Å². The van der Waals surface area contributed by atoms with Gasteiger partial charge in [-0.25, -0.2) is 8.42 Å². The van der Waals surface area contributed by atoms with Gasteiger partial charge >= 0.3 is 0 Å². The van der Waals surface area contributed by atoms with E-state index in [0.717, 1.165) is 28.2 Å². The van der Waals surface area contributed by atoms with Gasteiger partial charge in [0.2, 0.25) is 15.9 Å². The molecule has 8 heteroatoms. The quantitative estimate of drug-likeness (QED) is 0.739. The number of amides is 1. The SMILES string of the molecule is COc1ccc(N(CC(=O)N2c3ccccc3C[C@@H]2C)S(C)(=O)=O)cc1OC. The van der Waals surface area contributed by atoms with E-state index in [0.29, 0.717) is 17.2 Å². The van der Waals surface area contributed by atoms with E-state index >= 15 is 0 Å². The Morgan fingerprint density at radius 3 is 2.46 bits per heavy atom. The van der Waals surface area contributed by atoms with Crippen molar-refractivity contribution in [1.82, 2.24) is 0 Å². The summed E-state index contributed by atoms with van der Waals surface area (Å²) in [5, 5.41) is 0. The zero-order valence-corrected chi connectivity index (χ0v) is 17.2. The summed E-state index contributed by atoms with van der Waals surface area (Å²) < 4.78 is 36.5. The fourth-order valence-electron chi connectivity index (χ4n) is 3.52. The van der Waals surface area contributed by atoms with Gasteiger partial charge in [-0.2, -0.15) is 0 Å². The molecule has 7 nitrogen and oxygen atoms in total. The second kappa shape index (κ2) is 7.71. The lowest BCUT2D eigenvalue weighted by molar-refractivity contribution is -0.117. The molecule has 2 aromatic carbocycles. The zero-order valence-electron chi connectivity index (χ0n) is 16.4. The van der Waals surface area contributed by atoms with E-state index in [4.69, 9.17) is 9.47 Å². The van der Waals surface area contributed by atoms with Crippen molar-refractivity contribution in [2.24, 2.45) is 0 Å². The Morgan fingerprint density at radius 1 is 1.14 bits per heavy atom. The molecule has 0 aromatic heterocycles. The van der Waals surface area contributed by atoms with Gasteiger partial charge in [-0.05, 0) is 37.1 Å². The first kappa shape index (κ1) is 20.0. The fraction of sp³-hybridized carbons (Fsp3) is 0.350. The predicted octanol–water partition coefficient (Wildman–Crippen LogP) is 2.45. The summed E-state index contributed by atoms with van der Waals surface area (Å²) in [6.45, 7) is 1.66. The first-order valence-electron chi connectivity index (χ1n) is 8.86. The van der Waals surface area contributed by atoms with Crippen LogP contribution in [-0.4, -0.2) is 47.4 Å². The minimum Gasteiger partial charge on any atom is -0.493 e. The number of hydrogen-bond acceptors (Lipinski definition) is 5. The van der Waals surface area contributed by atoms with Crippen molar-refractivity contribution < 1.29 is 22.7 Å². The summed E-state index contributed by atoms with van der Waals surface area (Å²) in [5.41, 5.74) is 2.26. The Bertz CT molecular complexity index is 990. The van der Waals surface area contributed by atoms with E-state index in [1.807, 2.05) is 31.2 Å². The van der Waals surface area contributed by atoms with Gasteiger partial charge in [0.15, 0.2) is 11.5 Å². The van der Waals surface area contributed by atoms with Crippen LogP contribution in [-0.2, 0) is 21.2 Å². The Kier molecular flexibility index (Phi) is 5.51. The third-order valence-corrected chi connectivity index (χ3v) is 5.95. The molecule has 0 unspecified atom stereocenters. The molecule has 1 heterocycles. The molecule has 1 amide bonds. The van der Waals surface area contributed by atoms with Crippen LogP contribution in [0.4, 0.5) is 11.4 Å². The summed E-state index contributed by atoms with van der Waals surface area (Å²) in [4.78, 5) is 14.8. The van der Waals surface area contributed by atoms with Gasteiger partial charge in [-0.3, -0.25) is 9.10 Å². The van der Waals surface area contributed by atoms with Crippen LogP contribution in [0.5, 0.6) is 11.5 Å². The summed E-state index contributed by atoms with van der Waals surface area (Å²) in [5.74, 6) is 0.590. The monoisotopic (exact) mass is 404 g/mol. The van der Waals surface area contributed by atoms with Crippen LogP contribution >= 0.6 is 0 Å². The molecule has 0 bridgehead atoms. The molecule has 1 atom stereocenters. The lowest BCUT2D eigenvalue weighted by atomic mass is 10.1. The standard InChI is InChI=1S/C20H24N2O5S/c1-14-11-15-7-5-6-8-17(15)22(14)20(23)13-21(28(4,24)25)16-9-10-18(26-2)19(12-16)27-3/h5-10,12,14H,11,13H2,1-4H3/t14-/m0/s1. The molecule has 0 spiro atoms. The van der Waals surface area contributed by atoms with Crippen LogP contribution in [0.25, 0.3) is 0 Å². The number of hydrogen-bond donors (Lipinski definition) is 0. The zero-order chi connectivity index (χ0) is 20.5. The van der Waals surface area contributed by atoms with Crippen molar-refractivity contribution in [1.29, 1.82) is 0 Å². The molecule has 28 heavy (non-hydrogen) atoms. The summed E-state index contributed by atoms with van der Waals surface area (Å²) in [6, 6.07) is 12.4. The molecule has 0 radical (unpaired) electrons. The first-order chi connectivity index (χ1) is 13.3. The second-order valence-corrected chi connectivity index (χ2v) is 8.66. The Morgan fingerprint density at radius 2 is 1.82 bits per heavy atom. The van der Waals surface area contributed by atoms with Gasteiger partial charge in [0.1, 0.15) is 6.54 Å². The van der Waals surface area contributed by atoms with Gasteiger partial charge in [-0.15, -0.1) is 0 Å². The van der Waals surface area contributed by atoms with Gasteiger partial charge in [-0.1, -0.05) is 18.2 Å². The van der Waals surface area contributed by atoms with Crippen LogP contribution in [0, 0.1) is 0 Å². The average Bonchev–Trinajstić information content (AvgIpc) is 3.00. The van der Waals surface area contributed by atoms with Crippen molar-refractivity contribution in [3.05, 3.63) is 48.0 Å². The second-order valence-electron chi connectivity index (χ2n) is 6.75. The molecule has 0 saturated carbocycles. The van der Waals surface area contributed by atoms with E-state index in [9.17, 15) is 13.2 Å². The highest BCUT2D eigenvalue weighted by Gasteiger charge is 2.33. The molecular formula is C20H24N2O5S. The number of nitrogens with zero attached hydrogens (tertiary/aromatic N) is 2. The van der Waals surface area contributed by atoms with Crippen LogP contribution in [0.3, 0.4) is 0 Å². The van der Waals surface area contributed by atoms with Gasteiger partial charge in [0, 0.05) is 17.8 Å². The van der Waals surface area contributed by atoms with Crippen LogP contribution in [0.15, 0.2) is 42.5 Å². The number of carbonyl (C=O) groups is 1. The van der Waals surface area contributed by atoms with Crippen LogP contribution in [0.1, 0.15) is 12.5 Å². The molecule has 1 aliphatic rings. The summed E-state index contributed by atoms with van der Waals surface area (Å²) >= 11 is 0. The number of methoxy groups -OCH3 is 2. The lowest BCUT2D eigenvalue weighted by Crippen LogP contribution is -2.45. The third-order valence-electron chi connectivity index (χ3n) is 4.81. The topological polar surface area (TPSA) is 76.2 Å². The number of rotatable bonds is 6. The minimum atomic E-state index is -3.69. The van der Waals surface area contributed by atoms with E-state index < -0.39 is 10.0 Å². The highest BCUT2D eigenvalue weighted by atomic mass is 32.2. The molecule has 0 fully saturated rings. The lowest BCUT2D eigenvalue weighted by Gasteiger charge is -2.28. The number of anilines is 2. The molecule has 3 rings (SSSR count). The van der Waals surface area contributed by atoms with Crippen LogP contribution < -0.4 is 18.7 Å². The molecule has 0 aliphatic carbocycles. The van der Waals surface area contributed by atoms with E-state index in [-0.39, 0.29) is 18.5 Å². The number of sulfonamides is 1. The highest BCUT2D eigenvalue weighted by Crippen LogP contribution is 2.34.